The second-order valence-electron chi connectivity index (χ2n) is 17.5. The Morgan fingerprint density at radius 1 is 0.603 bits per heavy atom. The molecule has 6 aromatic carbocycles. The molecule has 7 heteroatoms. The first kappa shape index (κ1) is 56.7. The summed E-state index contributed by atoms with van der Waals surface area (Å²) in [6.07, 6.45) is 14.2. The van der Waals surface area contributed by atoms with Crippen LogP contribution in [0.1, 0.15) is 145 Å². The van der Waals surface area contributed by atoms with Crippen LogP contribution in [0.15, 0.2) is 109 Å². The van der Waals surface area contributed by atoms with E-state index >= 15 is 0 Å². The van der Waals surface area contributed by atoms with Crippen molar-refractivity contribution in [1.29, 1.82) is 0 Å². The molecule has 2 aliphatic carbocycles. The summed E-state index contributed by atoms with van der Waals surface area (Å²) < 4.78 is 32.2. The molecule has 2 saturated carbocycles. The van der Waals surface area contributed by atoms with Gasteiger partial charge in [0.2, 0.25) is 0 Å². The summed E-state index contributed by atoms with van der Waals surface area (Å²) in [5.74, 6) is 3.08. The van der Waals surface area contributed by atoms with Gasteiger partial charge < -0.3 is 14.4 Å². The van der Waals surface area contributed by atoms with Crippen LogP contribution in [0.2, 0.25) is 0 Å². The minimum absolute atomic E-state index is 0. The van der Waals surface area contributed by atoms with E-state index in [1.54, 1.807) is 0 Å². The first-order chi connectivity index (χ1) is 29.0. The molecule has 63 heavy (non-hydrogen) atoms. The third kappa shape index (κ3) is 16.7. The molecule has 0 amide bonds. The minimum atomic E-state index is -4.07. The van der Waals surface area contributed by atoms with Gasteiger partial charge in [-0.15, -0.1) is 93.9 Å². The standard InChI is InChI=1S/2C26H31.C3H4F3.CH3.2ClH.Si.Zr/c2*1-3-19(2)22-12-14-23(15-13-22)25-11-7-10-24-17-21(18-26(24)25)16-20-8-5-4-6-9-20;1-2-3(4,5)6;;;;;/h2*7,10-15,17-20H,3-6,8-9,16H2,1-2H3;1-2H2;1H3;2*1H;;/q4*-1;;;;. The molecule has 0 bridgehead atoms. The second-order valence-corrected chi connectivity index (χ2v) is 17.5. The molecule has 0 N–H and O–H groups in total. The van der Waals surface area contributed by atoms with Gasteiger partial charge in [0.05, 0.1) is 0 Å². The van der Waals surface area contributed by atoms with Crippen molar-refractivity contribution < 1.29 is 36.5 Å². The van der Waals surface area contributed by atoms with E-state index in [2.05, 4.69) is 151 Å². The molecule has 2 unspecified atom stereocenters. The van der Waals surface area contributed by atoms with Gasteiger partial charge in [0, 0.05) is 0 Å². The van der Waals surface area contributed by atoms with E-state index in [0.717, 1.165) is 11.8 Å². The predicted octanol–water partition coefficient (Wildman–Crippen LogP) is 18.4. The number of alkyl halides is 3. The molecule has 0 heterocycles. The fraction of sp³-hybridized carbons (Fsp3) is 0.429. The van der Waals surface area contributed by atoms with Crippen LogP contribution in [0.25, 0.3) is 43.8 Å². The molecular formula is C56H71Cl2F3SiZr-4. The molecule has 2 aliphatic rings. The monoisotopic (exact) mass is 988 g/mol. The molecule has 2 radical (unpaired) electrons. The molecule has 342 valence electrons. The normalized spacial score (nSPS) is 15.1. The maximum atomic E-state index is 10.7. The summed E-state index contributed by atoms with van der Waals surface area (Å²) in [5.41, 5.74) is 11.4. The third-order valence-electron chi connectivity index (χ3n) is 13.2. The summed E-state index contributed by atoms with van der Waals surface area (Å²) >= 11 is 1.36. The summed E-state index contributed by atoms with van der Waals surface area (Å²) in [5, 5.41) is 5.66. The fourth-order valence-corrected chi connectivity index (χ4v) is 9.24. The Morgan fingerprint density at radius 3 is 1.24 bits per heavy atom. The van der Waals surface area contributed by atoms with Gasteiger partial charge in [-0.3, -0.25) is 0 Å². The van der Waals surface area contributed by atoms with Gasteiger partial charge in [0.25, 0.3) is 0 Å². The van der Waals surface area contributed by atoms with Crippen LogP contribution < -0.4 is 0 Å². The Hall–Kier alpha value is -2.43. The van der Waals surface area contributed by atoms with Crippen LogP contribution in [0.5, 0.6) is 0 Å². The van der Waals surface area contributed by atoms with Crippen LogP contribution in [0, 0.1) is 26.2 Å². The maximum absolute atomic E-state index is 10.7. The van der Waals surface area contributed by atoms with Crippen molar-refractivity contribution in [3.8, 4) is 22.3 Å². The summed E-state index contributed by atoms with van der Waals surface area (Å²) in [4.78, 5) is 0. The van der Waals surface area contributed by atoms with Crippen molar-refractivity contribution >= 4 is 53.2 Å². The summed E-state index contributed by atoms with van der Waals surface area (Å²) in [6.45, 7) is 14.8. The Bertz CT molecular complexity index is 2010. The van der Waals surface area contributed by atoms with Gasteiger partial charge in [-0.25, -0.2) is 0 Å². The van der Waals surface area contributed by atoms with Crippen molar-refractivity contribution in [3.63, 3.8) is 0 Å². The van der Waals surface area contributed by atoms with Crippen molar-refractivity contribution in [1.82, 2.24) is 0 Å². The molecule has 8 rings (SSSR count). The average molecular weight is 991 g/mol. The van der Waals surface area contributed by atoms with Crippen LogP contribution in [-0.4, -0.2) is 13.1 Å². The molecular weight excluding hydrogens is 920 g/mol. The molecule has 0 saturated heterocycles. The van der Waals surface area contributed by atoms with Gasteiger partial charge in [-0.1, -0.05) is 170 Å². The first-order valence-corrected chi connectivity index (χ1v) is 26.9. The van der Waals surface area contributed by atoms with Crippen LogP contribution in [-0.2, 0) is 36.2 Å². The zero-order valence-electron chi connectivity index (χ0n) is 38.5. The second kappa shape index (κ2) is 28.6. The van der Waals surface area contributed by atoms with Gasteiger partial charge in [-0.05, 0) is 71.6 Å². The van der Waals surface area contributed by atoms with Crippen LogP contribution >= 0.6 is 24.8 Å². The van der Waals surface area contributed by atoms with E-state index < -0.39 is 12.6 Å². The van der Waals surface area contributed by atoms with E-state index in [0.29, 0.717) is 11.8 Å². The fourth-order valence-electron chi connectivity index (χ4n) is 9.24. The Balaban J connectivity index is 0.000000357. The quantitative estimate of drug-likeness (QED) is 0.0948. The Kier molecular flexibility index (Phi) is 25.7. The topological polar surface area (TPSA) is 0 Å². The molecule has 2 fully saturated rings. The van der Waals surface area contributed by atoms with E-state index in [4.69, 9.17) is 0 Å². The van der Waals surface area contributed by atoms with E-state index in [1.807, 2.05) is 0 Å². The molecule has 0 aliphatic heterocycles. The number of rotatable bonds is 10. The van der Waals surface area contributed by atoms with Crippen molar-refractivity contribution in [2.45, 2.75) is 142 Å². The van der Waals surface area contributed by atoms with Crippen molar-refractivity contribution in [2.24, 2.45) is 11.8 Å². The van der Waals surface area contributed by atoms with E-state index in [9.17, 15) is 13.2 Å². The molecule has 2 atom stereocenters. The zero-order valence-corrected chi connectivity index (χ0v) is 43.6. The molecule has 0 nitrogen and oxygen atoms in total. The van der Waals surface area contributed by atoms with E-state index in [-0.39, 0.29) is 32.2 Å². The molecule has 6 aromatic rings. The van der Waals surface area contributed by atoms with Gasteiger partial charge in [0.1, 0.15) is 0 Å². The average Bonchev–Trinajstić information content (AvgIpc) is 3.91. The molecule has 0 aromatic heterocycles. The number of benzene rings is 4. The predicted molar refractivity (Wildman–Crippen MR) is 271 cm³/mol. The Morgan fingerprint density at radius 2 is 0.937 bits per heavy atom. The Labute approximate surface area is 408 Å². The number of fused-ring (bicyclic) bond motifs is 2. The third-order valence-corrected chi connectivity index (χ3v) is 13.2. The number of hydrogen-bond donors (Lipinski definition) is 0. The van der Waals surface area contributed by atoms with Gasteiger partial charge >= 0.3 is 36.4 Å². The van der Waals surface area contributed by atoms with Crippen molar-refractivity contribution in [2.75, 3.05) is 0 Å². The first-order valence-electron chi connectivity index (χ1n) is 22.7. The van der Waals surface area contributed by atoms with Crippen LogP contribution in [0.4, 0.5) is 13.2 Å². The van der Waals surface area contributed by atoms with Gasteiger partial charge in [0.15, 0.2) is 0 Å². The van der Waals surface area contributed by atoms with Crippen molar-refractivity contribution in [3.05, 3.63) is 146 Å². The summed E-state index contributed by atoms with van der Waals surface area (Å²) in [6, 6.07) is 41.8. The molecule has 0 spiro atoms. The van der Waals surface area contributed by atoms with Gasteiger partial charge in [-0.2, -0.15) is 25.3 Å². The zero-order chi connectivity index (χ0) is 43.1. The number of halogens is 5. The number of hydrogen-bond acceptors (Lipinski definition) is 0. The SMILES string of the molecule is CCC(C)c1ccc(-c2cccc3[cH-]c(CC4CCCCC4)cc23)cc1.CCC(C)c1ccc(-c2cccc3[cH-]c(CC4CCCCC4)cc23)cc1.Cl.Cl.[CH2-]CC(F)(F)F.[CH3-].[Si]=[Zr]. The van der Waals surface area contributed by atoms with E-state index in [1.165, 1.54) is 179 Å². The van der Waals surface area contributed by atoms with Crippen LogP contribution in [0.3, 0.4) is 0 Å². The summed E-state index contributed by atoms with van der Waals surface area (Å²) in [7, 11) is 0.